The van der Waals surface area contributed by atoms with Crippen LogP contribution < -0.4 is 27.6 Å². The fraction of sp³-hybridized carbons (Fsp3) is 0.840. The third kappa shape index (κ3) is 68.5. The number of likely N-dealkylation sites (tertiary alicyclic amines) is 5. The Morgan fingerprint density at radius 1 is 0.525 bits per heavy atom. The van der Waals surface area contributed by atoms with Crippen molar-refractivity contribution in [1.29, 1.82) is 0 Å². The van der Waals surface area contributed by atoms with Gasteiger partial charge in [0.25, 0.3) is 0 Å². The van der Waals surface area contributed by atoms with Crippen LogP contribution in [0.5, 0.6) is 0 Å². The van der Waals surface area contributed by atoms with Crippen LogP contribution in [0, 0.1) is 6.92 Å². The van der Waals surface area contributed by atoms with Crippen LogP contribution in [0.2, 0.25) is 0 Å². The van der Waals surface area contributed by atoms with E-state index in [1.165, 1.54) is 38.5 Å². The molecule has 0 saturated carbocycles. The average Bonchev–Trinajstić information content (AvgIpc) is 0.848. The Hall–Kier alpha value is -3.73. The summed E-state index contributed by atoms with van der Waals surface area (Å²) in [5, 5.41) is 72.1. The SMILES string of the molecule is C1CCOC1.C=CCC1(O)CN(C(=O)OC(C)(C)C)C1.C=C[CH2-].CC(C)(C)OC(=O)N1CC(=O)C1.CC(C)(C)OC(=O)N1CC(O)(CCC=O)C1.CC(C)(C)OC(=O)N1CC(O)(CCCO)C1.CCN(CC)CCCC1(O)CN(C(=O)OC(C)(C)C)C1.CCN(CC)CCCC1(O)CNC1.CCNCC.ClCCl.ClCCl.O=C(O)C(F)(F)F.[Br-].[Mg+2]. The Labute approximate surface area is 762 Å². The van der Waals surface area contributed by atoms with Crippen LogP contribution in [0.25, 0.3) is 0 Å². The molecule has 7 aliphatic heterocycles. The quantitative estimate of drug-likeness (QED) is 0.0122. The van der Waals surface area contributed by atoms with Gasteiger partial charge in [-0.15, -0.1) is 53.0 Å². The first-order valence-corrected chi connectivity index (χ1v) is 42.4. The molecule has 706 valence electrons. The topological polar surface area (TPSA) is 380 Å². The molecule has 0 aromatic carbocycles. The predicted molar refractivity (Wildman–Crippen MR) is 465 cm³/mol. The van der Waals surface area contributed by atoms with Crippen molar-refractivity contribution in [2.24, 2.45) is 0 Å². The molecule has 7 fully saturated rings. The fourth-order valence-electron chi connectivity index (χ4n) is 10.6. The molecule has 7 heterocycles. The number of halogens is 8. The van der Waals surface area contributed by atoms with Gasteiger partial charge in [0.05, 0.1) is 81.7 Å². The molecule has 0 atom stereocenters. The van der Waals surface area contributed by atoms with Gasteiger partial charge in [-0.1, -0.05) is 47.6 Å². The van der Waals surface area contributed by atoms with Gasteiger partial charge in [0.2, 0.25) is 0 Å². The maximum Gasteiger partial charge on any atom is 2.00 e. The van der Waals surface area contributed by atoms with Gasteiger partial charge in [-0.25, -0.2) is 48.3 Å². The molecule has 0 aromatic rings. The Morgan fingerprint density at radius 3 is 0.975 bits per heavy atom. The van der Waals surface area contributed by atoms with Gasteiger partial charge in [-0.2, -0.15) is 13.2 Å². The number of ketones is 1. The van der Waals surface area contributed by atoms with Gasteiger partial charge in [0, 0.05) is 39.3 Å². The van der Waals surface area contributed by atoms with E-state index in [0.717, 1.165) is 111 Å². The van der Waals surface area contributed by atoms with E-state index in [0.29, 0.717) is 71.4 Å². The van der Waals surface area contributed by atoms with E-state index in [1.54, 1.807) is 52.5 Å². The number of nitrogens with zero attached hydrogens (tertiary/aromatic N) is 7. The molecule has 0 aliphatic carbocycles. The van der Waals surface area contributed by atoms with E-state index in [1.807, 2.05) is 62.3 Å². The van der Waals surface area contributed by atoms with E-state index in [9.17, 15) is 72.3 Å². The normalized spacial score (nSPS) is 16.8. The Kier molecular flexibility index (Phi) is 70.9. The third-order valence-electron chi connectivity index (χ3n) is 16.4. The molecule has 0 radical (unpaired) electrons. The zero-order valence-corrected chi connectivity index (χ0v) is 82.0. The number of hydrogen-bond donors (Lipinski definition) is 9. The van der Waals surface area contributed by atoms with Crippen LogP contribution in [-0.2, 0) is 42.8 Å². The number of alkyl halides is 7. The number of β-amino-alcohol motifs (C(OH)–C–C–N with tert-alkyl or cyclic N) is 5. The molecule has 9 N–H and O–H groups in total. The summed E-state index contributed by atoms with van der Waals surface area (Å²) in [4.78, 5) is 99.2. The van der Waals surface area contributed by atoms with Crippen molar-refractivity contribution in [2.45, 2.75) is 278 Å². The third-order valence-corrected chi connectivity index (χ3v) is 16.4. The summed E-state index contributed by atoms with van der Waals surface area (Å²) < 4.78 is 62.5. The summed E-state index contributed by atoms with van der Waals surface area (Å²) in [5.41, 5.74) is -6.09. The second kappa shape index (κ2) is 65.8. The average molecular weight is 1890 g/mol. The number of carboxylic acid groups (broad SMARTS) is 1. The minimum atomic E-state index is -5.08. The van der Waals surface area contributed by atoms with Crippen LogP contribution in [0.4, 0.5) is 37.1 Å². The Morgan fingerprint density at radius 2 is 0.783 bits per heavy atom. The van der Waals surface area contributed by atoms with Crippen LogP contribution in [0.1, 0.15) is 216 Å². The van der Waals surface area contributed by atoms with Gasteiger partial charge in [-0.3, -0.25) is 9.69 Å². The monoisotopic (exact) mass is 1890 g/mol. The number of carbonyl (C=O) groups is 8. The largest absolute Gasteiger partial charge is 2.00 e. The number of carbonyl (C=O) groups excluding carboxylic acids is 7. The summed E-state index contributed by atoms with van der Waals surface area (Å²) in [6, 6.07) is 0. The molecular weight excluding hydrogens is 1740 g/mol. The summed E-state index contributed by atoms with van der Waals surface area (Å²) in [5.74, 6) is -2.67. The molecule has 0 unspecified atom stereocenters. The molecule has 30 nitrogen and oxygen atoms in total. The maximum atomic E-state index is 11.8. The number of aliphatic hydroxyl groups excluding tert-OH is 1. The number of aliphatic carboxylic acids is 1. The minimum Gasteiger partial charge on any atom is -1.00 e. The van der Waals surface area contributed by atoms with Crippen molar-refractivity contribution in [2.75, 3.05) is 161 Å². The molecule has 5 amide bonds. The molecule has 39 heteroatoms. The molecule has 120 heavy (non-hydrogen) atoms. The minimum absolute atomic E-state index is 0. The number of aldehydes is 1. The Bertz CT molecular complexity index is 2750. The second-order valence-electron chi connectivity index (χ2n) is 33.8. The summed E-state index contributed by atoms with van der Waals surface area (Å²) >= 11 is 19.1. The van der Waals surface area contributed by atoms with E-state index >= 15 is 0 Å². The molecule has 7 aliphatic rings. The zero-order chi connectivity index (χ0) is 92.8. The first-order chi connectivity index (χ1) is 54.1. The van der Waals surface area contributed by atoms with Crippen molar-refractivity contribution in [3.8, 4) is 0 Å². The number of amides is 5. The number of Topliss-reactive ketones (excluding diaryl/α,β-unsaturated/α-hetero) is 1. The van der Waals surface area contributed by atoms with Gasteiger partial charge in [-0.05, 0) is 220 Å². The van der Waals surface area contributed by atoms with Gasteiger partial charge >= 0.3 is 65.7 Å². The fourth-order valence-corrected chi connectivity index (χ4v) is 10.6. The van der Waals surface area contributed by atoms with E-state index in [-0.39, 0.29) is 113 Å². The van der Waals surface area contributed by atoms with Gasteiger partial charge < -0.3 is 126 Å². The Balaban J connectivity index is -0.000000241. The zero-order valence-electron chi connectivity index (χ0n) is 76.0. The number of nitrogens with one attached hydrogen (secondary N) is 2. The first kappa shape index (κ1) is 129. The number of aliphatic hydroxyl groups is 6. The first-order valence-electron chi connectivity index (χ1n) is 40.2. The summed E-state index contributed by atoms with van der Waals surface area (Å²) in [6.45, 7) is 65.3. The van der Waals surface area contributed by atoms with Crippen molar-refractivity contribution in [3.05, 3.63) is 32.2 Å². The van der Waals surface area contributed by atoms with Gasteiger partial charge in [0.1, 0.15) is 56.7 Å². The summed E-state index contributed by atoms with van der Waals surface area (Å²) in [6.07, 6.45) is 5.55. The standard InChI is InChI=1S/C15H30N2O3.C11H21NO4.C11H19NO4.C11H19NO3.C10H22N2O.C8H13NO3.C4H11N.C4H8O.C3H5.C2HF3O2.2CH2Cl2.BrH.Mg/c1-6-16(7-2)10-8-9-15(19)11-17(12-15)13(18)20-14(3,4)5;2*1-10(2,3)16-9(14)12-7-11(15,8-12)5-4-6-13;1-5-6-11(14)7-12(8-11)9(13)15-10(2,3)4;1-3-12(4-2)7-5-6-10(13)8-11-9-10;1-8(2,3)12-7(11)9-4-6(10)5-9;1-3-5-4-2;1-2-4-5-3-1;1-3-2;3-2(4,5)1(6)7;2*2-1-3;;/h19H,6-12H2,1-5H3;13,15H,4-8H2,1-3H3;6,15H,4-5,7-8H2,1-3H3;5,14H,1,6-8H2,2-4H3;11,13H,3-9H2,1-2H3;4-5H2,1-3H3;5H,3-4H2,1-2H3;1-4H2;3H,1-2H2;(H,6,7);2*1H2;1H;/q;;;;;;;;-1;;;;;+2/p-1. The maximum absolute atomic E-state index is 11.8. The molecular formula is C81H153BrCl4F3MgN9O21. The summed E-state index contributed by atoms with van der Waals surface area (Å²) in [7, 11) is 0. The van der Waals surface area contributed by atoms with Crippen molar-refractivity contribution in [3.63, 3.8) is 0 Å². The number of ether oxygens (including phenoxy) is 6. The van der Waals surface area contributed by atoms with E-state index in [4.69, 9.17) is 89.8 Å². The molecule has 0 spiro atoms. The smallest absolute Gasteiger partial charge is 1.00 e. The van der Waals surface area contributed by atoms with Crippen molar-refractivity contribution < 1.29 is 133 Å². The molecule has 0 aromatic heterocycles. The molecule has 0 bridgehead atoms. The number of carboxylic acids is 1. The van der Waals surface area contributed by atoms with E-state index < -0.39 is 74.7 Å². The number of allylic oxidation sites excluding steroid dienone is 1. The number of hydrogen-bond acceptors (Lipinski definition) is 24. The van der Waals surface area contributed by atoms with Gasteiger partial charge in [0.15, 0.2) is 5.78 Å². The predicted octanol–water partition coefficient (Wildman–Crippen LogP) is 9.09. The van der Waals surface area contributed by atoms with E-state index in [2.05, 4.69) is 82.1 Å². The van der Waals surface area contributed by atoms with Crippen LogP contribution in [0.3, 0.4) is 0 Å². The number of rotatable bonds is 22. The molecule has 7 rings (SSSR count). The van der Waals surface area contributed by atoms with Crippen molar-refractivity contribution in [1.82, 2.24) is 44.9 Å². The van der Waals surface area contributed by atoms with Crippen LogP contribution in [-0.4, -0.2) is 365 Å². The van der Waals surface area contributed by atoms with Crippen LogP contribution >= 0.6 is 46.4 Å². The second-order valence-corrected chi connectivity index (χ2v) is 35.4. The molecule has 7 saturated heterocycles. The van der Waals surface area contributed by atoms with Crippen LogP contribution in [0.15, 0.2) is 25.3 Å². The van der Waals surface area contributed by atoms with Crippen molar-refractivity contribution >= 4 is 118 Å².